The number of hydrogen-bond acceptors (Lipinski definition) is 3. The second-order valence-electron chi connectivity index (χ2n) is 5.30. The maximum atomic E-state index is 12.2. The third-order valence-corrected chi connectivity index (χ3v) is 4.08. The smallest absolute Gasteiger partial charge is 0.326 e. The number of rotatable bonds is 2. The number of carboxylic acid groups (broad SMARTS) is 1. The van der Waals surface area contributed by atoms with Gasteiger partial charge in [0.2, 0.25) is 0 Å². The molecule has 3 atom stereocenters. The average molecular weight is 256 g/mol. The summed E-state index contributed by atoms with van der Waals surface area (Å²) in [5.41, 5.74) is -0.400. The van der Waals surface area contributed by atoms with Crippen molar-refractivity contribution in [2.45, 2.75) is 50.8 Å². The number of urea groups is 1. The van der Waals surface area contributed by atoms with Gasteiger partial charge in [0.1, 0.15) is 6.04 Å². The molecule has 18 heavy (non-hydrogen) atoms. The lowest BCUT2D eigenvalue weighted by atomic mass is 9.95. The summed E-state index contributed by atoms with van der Waals surface area (Å²) >= 11 is 0. The summed E-state index contributed by atoms with van der Waals surface area (Å²) < 4.78 is 5.46. The van der Waals surface area contributed by atoms with Crippen molar-refractivity contribution in [1.82, 2.24) is 10.2 Å². The normalized spacial score (nSPS) is 35.8. The van der Waals surface area contributed by atoms with Crippen LogP contribution in [0.5, 0.6) is 0 Å². The molecule has 2 fully saturated rings. The molecule has 0 spiro atoms. The highest BCUT2D eigenvalue weighted by Crippen LogP contribution is 2.26. The summed E-state index contributed by atoms with van der Waals surface area (Å²) in [6.07, 6.45) is 1.98. The van der Waals surface area contributed by atoms with E-state index in [0.29, 0.717) is 19.6 Å². The van der Waals surface area contributed by atoms with Crippen molar-refractivity contribution in [3.05, 3.63) is 0 Å². The van der Waals surface area contributed by atoms with Crippen LogP contribution in [-0.2, 0) is 9.53 Å². The number of carboxylic acids is 1. The van der Waals surface area contributed by atoms with Crippen molar-refractivity contribution in [2.24, 2.45) is 0 Å². The minimum Gasteiger partial charge on any atom is -0.480 e. The van der Waals surface area contributed by atoms with Gasteiger partial charge >= 0.3 is 12.0 Å². The van der Waals surface area contributed by atoms with E-state index >= 15 is 0 Å². The summed E-state index contributed by atoms with van der Waals surface area (Å²) in [5, 5.41) is 12.0. The molecule has 2 saturated heterocycles. The van der Waals surface area contributed by atoms with Gasteiger partial charge in [-0.2, -0.15) is 0 Å². The molecule has 0 aromatic carbocycles. The van der Waals surface area contributed by atoms with E-state index in [1.807, 2.05) is 13.8 Å². The molecular formula is C12H20N2O4. The van der Waals surface area contributed by atoms with E-state index in [-0.39, 0.29) is 12.1 Å². The van der Waals surface area contributed by atoms with Crippen LogP contribution < -0.4 is 5.32 Å². The Hall–Kier alpha value is -1.30. The molecule has 0 radical (unpaired) electrons. The van der Waals surface area contributed by atoms with E-state index in [4.69, 9.17) is 9.84 Å². The van der Waals surface area contributed by atoms with E-state index in [2.05, 4.69) is 5.32 Å². The monoisotopic (exact) mass is 256 g/mol. The fourth-order valence-electron chi connectivity index (χ4n) is 2.58. The van der Waals surface area contributed by atoms with Crippen LogP contribution in [-0.4, -0.2) is 52.8 Å². The quantitative estimate of drug-likeness (QED) is 0.766. The highest BCUT2D eigenvalue weighted by Gasteiger charge is 2.41. The predicted octanol–water partition coefficient (Wildman–Crippen LogP) is 0.812. The number of aliphatic carboxylic acids is 1. The maximum Gasteiger partial charge on any atom is 0.326 e. The molecular weight excluding hydrogens is 236 g/mol. The molecule has 2 aliphatic heterocycles. The van der Waals surface area contributed by atoms with Gasteiger partial charge in [0.05, 0.1) is 11.6 Å². The van der Waals surface area contributed by atoms with Gasteiger partial charge < -0.3 is 20.1 Å². The molecule has 2 unspecified atom stereocenters. The van der Waals surface area contributed by atoms with E-state index < -0.39 is 17.6 Å². The second kappa shape index (κ2) is 4.76. The molecule has 2 rings (SSSR count). The number of ether oxygens (including phenoxy) is 1. The molecule has 2 amide bonds. The van der Waals surface area contributed by atoms with E-state index in [1.54, 1.807) is 0 Å². The molecule has 102 valence electrons. The van der Waals surface area contributed by atoms with Crippen LogP contribution in [0.4, 0.5) is 4.79 Å². The van der Waals surface area contributed by atoms with Crippen LogP contribution in [0.3, 0.4) is 0 Å². The molecule has 6 nitrogen and oxygen atoms in total. The Bertz CT molecular complexity index is 360. The van der Waals surface area contributed by atoms with Gasteiger partial charge in [0.15, 0.2) is 0 Å². The first-order valence-corrected chi connectivity index (χ1v) is 6.37. The first-order valence-electron chi connectivity index (χ1n) is 6.37. The highest BCUT2D eigenvalue weighted by atomic mass is 16.5. The number of nitrogens with zero attached hydrogens (tertiary/aromatic N) is 1. The molecule has 6 heteroatoms. The van der Waals surface area contributed by atoms with E-state index in [1.165, 1.54) is 4.90 Å². The lowest BCUT2D eigenvalue weighted by Crippen LogP contribution is -2.56. The summed E-state index contributed by atoms with van der Waals surface area (Å²) in [7, 11) is 0. The molecule has 0 bridgehead atoms. The van der Waals surface area contributed by atoms with Gasteiger partial charge in [-0.1, -0.05) is 0 Å². The van der Waals surface area contributed by atoms with Crippen molar-refractivity contribution in [3.63, 3.8) is 0 Å². The number of amides is 2. The third-order valence-electron chi connectivity index (χ3n) is 4.08. The summed E-state index contributed by atoms with van der Waals surface area (Å²) in [4.78, 5) is 24.6. The number of hydrogen-bond donors (Lipinski definition) is 2. The van der Waals surface area contributed by atoms with E-state index in [0.717, 1.165) is 12.8 Å². The summed E-state index contributed by atoms with van der Waals surface area (Å²) in [5.74, 6) is -0.927. The van der Waals surface area contributed by atoms with Crippen molar-refractivity contribution in [1.29, 1.82) is 0 Å². The maximum absolute atomic E-state index is 12.2. The Morgan fingerprint density at radius 2 is 2.22 bits per heavy atom. The summed E-state index contributed by atoms with van der Waals surface area (Å²) in [6, 6.07) is -0.981. The minimum atomic E-state index is -0.927. The molecule has 2 aliphatic rings. The van der Waals surface area contributed by atoms with Crippen LogP contribution in [0.25, 0.3) is 0 Å². The Balaban J connectivity index is 2.01. The molecule has 0 aromatic heterocycles. The number of likely N-dealkylation sites (tertiary alicyclic amines) is 1. The average Bonchev–Trinajstić information content (AvgIpc) is 2.87. The fourth-order valence-corrected chi connectivity index (χ4v) is 2.58. The zero-order valence-corrected chi connectivity index (χ0v) is 10.8. The lowest BCUT2D eigenvalue weighted by Gasteiger charge is -2.32. The zero-order chi connectivity index (χ0) is 13.3. The van der Waals surface area contributed by atoms with Crippen LogP contribution in [0.2, 0.25) is 0 Å². The zero-order valence-electron chi connectivity index (χ0n) is 10.8. The first-order chi connectivity index (χ1) is 8.44. The molecule has 0 saturated carbocycles. The van der Waals surface area contributed by atoms with Gasteiger partial charge in [0, 0.05) is 13.2 Å². The minimum absolute atomic E-state index is 0.0488. The number of nitrogens with one attached hydrogen (secondary N) is 1. The van der Waals surface area contributed by atoms with Crippen LogP contribution in [0.1, 0.15) is 33.1 Å². The van der Waals surface area contributed by atoms with Crippen molar-refractivity contribution >= 4 is 12.0 Å². The molecule has 0 aromatic rings. The van der Waals surface area contributed by atoms with Crippen molar-refractivity contribution in [2.75, 3.05) is 13.2 Å². The highest BCUT2D eigenvalue weighted by molar-refractivity contribution is 5.83. The van der Waals surface area contributed by atoms with Crippen LogP contribution in [0.15, 0.2) is 0 Å². The third kappa shape index (κ3) is 2.29. The van der Waals surface area contributed by atoms with Crippen molar-refractivity contribution in [3.8, 4) is 0 Å². The lowest BCUT2D eigenvalue weighted by molar-refractivity contribution is -0.141. The van der Waals surface area contributed by atoms with Crippen LogP contribution in [0, 0.1) is 0 Å². The van der Waals surface area contributed by atoms with Gasteiger partial charge in [-0.3, -0.25) is 0 Å². The Morgan fingerprint density at radius 3 is 2.78 bits per heavy atom. The molecule has 2 N–H and O–H groups in total. The summed E-state index contributed by atoms with van der Waals surface area (Å²) in [6.45, 7) is 4.99. The van der Waals surface area contributed by atoms with Crippen molar-refractivity contribution < 1.29 is 19.4 Å². The molecule has 0 aliphatic carbocycles. The Morgan fingerprint density at radius 1 is 1.50 bits per heavy atom. The van der Waals surface area contributed by atoms with Crippen LogP contribution >= 0.6 is 0 Å². The standard InChI is InChI=1S/C12H20N2O4/c1-8-12(2,5-7-18-8)13-11(17)14-6-3-4-9(14)10(15)16/h8-9H,3-7H2,1-2H3,(H,13,17)(H,15,16)/t8?,9-,12?/m1/s1. The van der Waals surface area contributed by atoms with Gasteiger partial charge in [0.25, 0.3) is 0 Å². The first kappa shape index (κ1) is 13.1. The van der Waals surface area contributed by atoms with E-state index in [9.17, 15) is 9.59 Å². The Labute approximate surface area is 106 Å². The fraction of sp³-hybridized carbons (Fsp3) is 0.833. The van der Waals surface area contributed by atoms with Gasteiger partial charge in [-0.15, -0.1) is 0 Å². The Kier molecular flexibility index (Phi) is 3.47. The largest absolute Gasteiger partial charge is 0.480 e. The molecule has 2 heterocycles. The predicted molar refractivity (Wildman–Crippen MR) is 64.3 cm³/mol. The second-order valence-corrected chi connectivity index (χ2v) is 5.30. The number of carbonyl (C=O) groups is 2. The number of carbonyl (C=O) groups excluding carboxylic acids is 1. The van der Waals surface area contributed by atoms with Gasteiger partial charge in [-0.05, 0) is 33.1 Å². The van der Waals surface area contributed by atoms with Gasteiger partial charge in [-0.25, -0.2) is 9.59 Å². The topological polar surface area (TPSA) is 78.9 Å². The SMILES string of the molecule is CC1OCCC1(C)NC(=O)N1CCC[C@@H]1C(=O)O.